The number of carbonyl (C=O) groups is 1. The number of hydrazine groups is 1. The summed E-state index contributed by atoms with van der Waals surface area (Å²) < 4.78 is 1.13. The average Bonchev–Trinajstić information content (AvgIpc) is 2.50. The summed E-state index contributed by atoms with van der Waals surface area (Å²) in [5, 5.41) is 10.2. The molecule has 1 amide bonds. The van der Waals surface area contributed by atoms with Crippen LogP contribution in [-0.4, -0.2) is 17.2 Å². The van der Waals surface area contributed by atoms with Crippen molar-refractivity contribution in [2.45, 2.75) is 6.54 Å². The molecule has 5 nitrogen and oxygen atoms in total. The van der Waals surface area contributed by atoms with E-state index < -0.39 is 0 Å². The number of hydrogen-bond acceptors (Lipinski definition) is 4. The van der Waals surface area contributed by atoms with E-state index in [1.165, 1.54) is 6.21 Å². The van der Waals surface area contributed by atoms with Crippen molar-refractivity contribution in [3.8, 4) is 5.75 Å². The molecule has 0 fully saturated rings. The van der Waals surface area contributed by atoms with Gasteiger partial charge in [0.15, 0.2) is 0 Å². The Morgan fingerprint density at radius 3 is 2.61 bits per heavy atom. The molecule has 0 atom stereocenters. The molecule has 0 radical (unpaired) electrons. The van der Waals surface area contributed by atoms with Gasteiger partial charge in [-0.15, -0.1) is 0 Å². The van der Waals surface area contributed by atoms with Crippen LogP contribution in [0.1, 0.15) is 5.56 Å². The Bertz CT molecular complexity index is 730. The molecule has 0 aliphatic carbocycles. The van der Waals surface area contributed by atoms with Crippen LogP contribution in [-0.2, 0) is 11.3 Å². The number of phenolic OH excluding ortho intramolecular Hbond substituents is 1. The summed E-state index contributed by atoms with van der Waals surface area (Å²) >= 11 is 12.3. The van der Waals surface area contributed by atoms with E-state index in [9.17, 15) is 9.90 Å². The van der Waals surface area contributed by atoms with Gasteiger partial charge >= 0.3 is 0 Å². The predicted molar refractivity (Wildman–Crippen MR) is 98.1 cm³/mol. The number of aromatic hydroxyl groups is 1. The molecule has 0 unspecified atom stereocenters. The summed E-state index contributed by atoms with van der Waals surface area (Å²) in [6.45, 7) is 0.383. The molecular formula is C15H12Br2ClN3O2. The number of nitrogens with one attached hydrogen (secondary N) is 2. The number of phenols is 1. The second kappa shape index (κ2) is 8.44. The highest BCUT2D eigenvalue weighted by atomic mass is 79.9. The fourth-order valence-electron chi connectivity index (χ4n) is 1.68. The second-order valence-electron chi connectivity index (χ2n) is 4.49. The van der Waals surface area contributed by atoms with Crippen LogP contribution in [0, 0.1) is 0 Å². The van der Waals surface area contributed by atoms with Gasteiger partial charge in [0.1, 0.15) is 5.75 Å². The molecule has 2 aromatic rings. The molecule has 0 bridgehead atoms. The fraction of sp³-hybridized carbons (Fsp3) is 0.0667. The monoisotopic (exact) mass is 459 g/mol. The van der Waals surface area contributed by atoms with Crippen molar-refractivity contribution in [2.75, 3.05) is 0 Å². The van der Waals surface area contributed by atoms with Gasteiger partial charge in [-0.2, -0.15) is 0 Å². The molecule has 23 heavy (non-hydrogen) atoms. The van der Waals surface area contributed by atoms with Crippen molar-refractivity contribution >= 4 is 61.3 Å². The molecule has 3 N–H and O–H groups in total. The quantitative estimate of drug-likeness (QED) is 0.464. The Morgan fingerprint density at radius 2 is 1.96 bits per heavy atom. The summed E-state index contributed by atoms with van der Waals surface area (Å²) in [5.74, 6) is -0.256. The highest BCUT2D eigenvalue weighted by Crippen LogP contribution is 2.33. The van der Waals surface area contributed by atoms with E-state index in [0.717, 1.165) is 5.56 Å². The first-order valence-corrected chi connectivity index (χ1v) is 8.41. The lowest BCUT2D eigenvalue weighted by Crippen LogP contribution is -2.37. The molecule has 0 saturated heterocycles. The Labute approximate surface area is 155 Å². The number of nitrogens with zero attached hydrogens (tertiary/aromatic N) is 1. The van der Waals surface area contributed by atoms with Crippen molar-refractivity contribution in [1.82, 2.24) is 10.9 Å². The van der Waals surface area contributed by atoms with Gasteiger partial charge in [-0.3, -0.25) is 15.2 Å². The molecule has 0 aromatic heterocycles. The van der Waals surface area contributed by atoms with Crippen LogP contribution < -0.4 is 10.9 Å². The highest BCUT2D eigenvalue weighted by molar-refractivity contribution is 9.11. The zero-order valence-electron chi connectivity index (χ0n) is 11.7. The molecule has 2 aromatic carbocycles. The third-order valence-corrected chi connectivity index (χ3v) is 4.16. The molecule has 120 valence electrons. The number of halogens is 3. The van der Waals surface area contributed by atoms with Gasteiger partial charge in [-0.05, 0) is 67.8 Å². The molecular weight excluding hydrogens is 449 g/mol. The lowest BCUT2D eigenvalue weighted by atomic mass is 10.2. The highest BCUT2D eigenvalue weighted by Gasteiger charge is 2.06. The van der Waals surface area contributed by atoms with Crippen LogP contribution in [0.5, 0.6) is 5.75 Å². The first-order chi connectivity index (χ1) is 11.0. The van der Waals surface area contributed by atoms with Crippen LogP contribution in [0.4, 0.5) is 5.69 Å². The number of amides is 1. The normalized spacial score (nSPS) is 10.9. The molecule has 0 aliphatic rings. The second-order valence-corrected chi connectivity index (χ2v) is 6.63. The van der Waals surface area contributed by atoms with E-state index >= 15 is 0 Å². The zero-order chi connectivity index (χ0) is 16.8. The van der Waals surface area contributed by atoms with Crippen molar-refractivity contribution in [1.29, 1.82) is 0 Å². The molecule has 0 aliphatic heterocycles. The zero-order valence-corrected chi connectivity index (χ0v) is 15.6. The Kier molecular flexibility index (Phi) is 6.59. The maximum atomic E-state index is 11.7. The van der Waals surface area contributed by atoms with Crippen LogP contribution in [0.15, 0.2) is 50.3 Å². The fourth-order valence-corrected chi connectivity index (χ4v) is 3.14. The van der Waals surface area contributed by atoms with Gasteiger partial charge in [-0.1, -0.05) is 17.7 Å². The Balaban J connectivity index is 1.85. The van der Waals surface area contributed by atoms with Crippen LogP contribution in [0.3, 0.4) is 0 Å². The van der Waals surface area contributed by atoms with E-state index in [-0.39, 0.29) is 11.7 Å². The molecule has 0 spiro atoms. The molecule has 0 saturated carbocycles. The van der Waals surface area contributed by atoms with Crippen LogP contribution in [0.25, 0.3) is 0 Å². The number of hydrogen-bond donors (Lipinski definition) is 3. The summed E-state index contributed by atoms with van der Waals surface area (Å²) in [7, 11) is 0. The predicted octanol–water partition coefficient (Wildman–Crippen LogP) is 4.09. The smallest absolute Gasteiger partial charge is 0.276 e. The van der Waals surface area contributed by atoms with Gasteiger partial charge < -0.3 is 5.11 Å². The number of aliphatic imine (C=N–C) groups is 1. The number of rotatable bonds is 5. The van der Waals surface area contributed by atoms with E-state index in [2.05, 4.69) is 47.7 Å². The van der Waals surface area contributed by atoms with E-state index in [4.69, 9.17) is 11.6 Å². The van der Waals surface area contributed by atoms with Crippen molar-refractivity contribution < 1.29 is 9.90 Å². The Hall–Kier alpha value is -1.41. The van der Waals surface area contributed by atoms with Crippen LogP contribution in [0.2, 0.25) is 5.02 Å². The topological polar surface area (TPSA) is 73.7 Å². The summed E-state index contributed by atoms with van der Waals surface area (Å²) in [5.41, 5.74) is 6.75. The summed E-state index contributed by atoms with van der Waals surface area (Å²) in [6.07, 6.45) is 1.17. The molecule has 2 rings (SSSR count). The van der Waals surface area contributed by atoms with E-state index in [0.29, 0.717) is 26.2 Å². The molecule has 0 heterocycles. The van der Waals surface area contributed by atoms with Gasteiger partial charge in [0.05, 0.1) is 20.8 Å². The minimum absolute atomic E-state index is 0.131. The third-order valence-electron chi connectivity index (χ3n) is 2.72. The lowest BCUT2D eigenvalue weighted by molar-refractivity contribution is -0.115. The van der Waals surface area contributed by atoms with E-state index in [1.807, 2.05) is 0 Å². The van der Waals surface area contributed by atoms with E-state index in [1.54, 1.807) is 36.4 Å². The van der Waals surface area contributed by atoms with Crippen LogP contribution >= 0.6 is 43.5 Å². The van der Waals surface area contributed by atoms with Gasteiger partial charge in [0.25, 0.3) is 5.91 Å². The first-order valence-electron chi connectivity index (χ1n) is 6.45. The average molecular weight is 462 g/mol. The maximum absolute atomic E-state index is 11.7. The van der Waals surface area contributed by atoms with Crippen molar-refractivity contribution in [3.05, 3.63) is 55.9 Å². The Morgan fingerprint density at radius 1 is 1.26 bits per heavy atom. The van der Waals surface area contributed by atoms with Gasteiger partial charge in [0, 0.05) is 11.6 Å². The van der Waals surface area contributed by atoms with Gasteiger partial charge in [0.2, 0.25) is 0 Å². The summed E-state index contributed by atoms with van der Waals surface area (Å²) in [6, 6.07) is 10.4. The minimum Gasteiger partial charge on any atom is -0.506 e. The SMILES string of the molecule is O=C(C=Nc1cccc(Cl)c1)NNCc1cc(Br)c(O)c(Br)c1. The van der Waals surface area contributed by atoms with Crippen molar-refractivity contribution in [2.24, 2.45) is 4.99 Å². The third kappa shape index (κ3) is 5.62. The number of carbonyl (C=O) groups excluding carboxylic acids is 1. The first kappa shape index (κ1) is 17.9. The molecule has 8 heteroatoms. The number of benzene rings is 2. The minimum atomic E-state index is -0.387. The van der Waals surface area contributed by atoms with Gasteiger partial charge in [-0.25, -0.2) is 5.43 Å². The van der Waals surface area contributed by atoms with Crippen molar-refractivity contribution in [3.63, 3.8) is 0 Å². The maximum Gasteiger partial charge on any atom is 0.276 e. The standard InChI is InChI=1S/C15H12Br2ClN3O2/c16-12-4-9(5-13(17)15(12)23)7-20-21-14(22)8-19-11-3-1-2-10(18)6-11/h1-6,8,20,23H,7H2,(H,21,22). The largest absolute Gasteiger partial charge is 0.506 e. The lowest BCUT2D eigenvalue weighted by Gasteiger charge is -2.08. The summed E-state index contributed by atoms with van der Waals surface area (Å²) in [4.78, 5) is 15.7.